The molecule has 1 unspecified atom stereocenters. The lowest BCUT2D eigenvalue weighted by Gasteiger charge is -2.17. The molecule has 2 aromatic rings. The SMILES string of the molecule is COc1ccc(C(N)c2ccc(Br)c(C)c2)c(C)c1. The topological polar surface area (TPSA) is 35.2 Å². The molecule has 100 valence electrons. The maximum Gasteiger partial charge on any atom is 0.119 e. The molecule has 0 heterocycles. The van der Waals surface area contributed by atoms with Crippen LogP contribution in [0.1, 0.15) is 28.3 Å². The predicted octanol–water partition coefficient (Wildman–Crippen LogP) is 4.12. The number of benzene rings is 2. The Labute approximate surface area is 122 Å². The summed E-state index contributed by atoms with van der Waals surface area (Å²) in [5, 5.41) is 0. The summed E-state index contributed by atoms with van der Waals surface area (Å²) in [4.78, 5) is 0. The van der Waals surface area contributed by atoms with Crippen LogP contribution in [0.2, 0.25) is 0 Å². The summed E-state index contributed by atoms with van der Waals surface area (Å²) in [5.41, 5.74) is 11.0. The number of aryl methyl sites for hydroxylation is 2. The monoisotopic (exact) mass is 319 g/mol. The van der Waals surface area contributed by atoms with Crippen molar-refractivity contribution in [2.45, 2.75) is 19.9 Å². The van der Waals surface area contributed by atoms with Crippen molar-refractivity contribution in [3.63, 3.8) is 0 Å². The van der Waals surface area contributed by atoms with Crippen LogP contribution in [0.3, 0.4) is 0 Å². The van der Waals surface area contributed by atoms with Crippen molar-refractivity contribution < 1.29 is 4.74 Å². The Balaban J connectivity index is 2.38. The number of methoxy groups -OCH3 is 1. The van der Waals surface area contributed by atoms with Gasteiger partial charge in [0.25, 0.3) is 0 Å². The standard InChI is InChI=1S/C16H18BrNO/c1-10-9-13(19-3)5-6-14(10)16(18)12-4-7-15(17)11(2)8-12/h4-9,16H,18H2,1-3H3. The summed E-state index contributed by atoms with van der Waals surface area (Å²) in [6.07, 6.45) is 0. The van der Waals surface area contributed by atoms with Crippen molar-refractivity contribution in [1.29, 1.82) is 0 Å². The summed E-state index contributed by atoms with van der Waals surface area (Å²) in [7, 11) is 1.67. The summed E-state index contributed by atoms with van der Waals surface area (Å²) in [5.74, 6) is 0.862. The van der Waals surface area contributed by atoms with E-state index >= 15 is 0 Å². The number of halogens is 1. The molecule has 2 rings (SSSR count). The first-order valence-corrected chi connectivity index (χ1v) is 6.98. The average Bonchev–Trinajstić information content (AvgIpc) is 2.41. The molecule has 0 fully saturated rings. The number of nitrogens with two attached hydrogens (primary N) is 1. The maximum atomic E-state index is 6.37. The molecule has 0 aliphatic rings. The molecular weight excluding hydrogens is 302 g/mol. The number of ether oxygens (including phenoxy) is 1. The molecule has 0 radical (unpaired) electrons. The average molecular weight is 320 g/mol. The first kappa shape index (κ1) is 14.1. The fourth-order valence-corrected chi connectivity index (χ4v) is 2.41. The smallest absolute Gasteiger partial charge is 0.119 e. The fraction of sp³-hybridized carbons (Fsp3) is 0.250. The van der Waals surface area contributed by atoms with Crippen molar-refractivity contribution in [2.75, 3.05) is 7.11 Å². The van der Waals surface area contributed by atoms with Crippen LogP contribution in [0, 0.1) is 13.8 Å². The Bertz CT molecular complexity index is 595. The molecule has 0 aliphatic heterocycles. The number of rotatable bonds is 3. The second-order valence-corrected chi connectivity index (χ2v) is 5.56. The molecule has 19 heavy (non-hydrogen) atoms. The molecule has 0 amide bonds. The quantitative estimate of drug-likeness (QED) is 0.923. The van der Waals surface area contributed by atoms with Crippen molar-refractivity contribution in [3.8, 4) is 5.75 Å². The van der Waals surface area contributed by atoms with Crippen LogP contribution in [0.4, 0.5) is 0 Å². The lowest BCUT2D eigenvalue weighted by molar-refractivity contribution is 0.414. The minimum atomic E-state index is -0.113. The van der Waals surface area contributed by atoms with Gasteiger partial charge in [0.05, 0.1) is 13.2 Å². The largest absolute Gasteiger partial charge is 0.497 e. The molecule has 0 saturated heterocycles. The molecule has 0 bridgehead atoms. The molecule has 3 heteroatoms. The van der Waals surface area contributed by atoms with Gasteiger partial charge in [0.2, 0.25) is 0 Å². The van der Waals surface area contributed by atoms with Gasteiger partial charge in [-0.15, -0.1) is 0 Å². The third-order valence-electron chi connectivity index (χ3n) is 3.35. The Morgan fingerprint density at radius 1 is 1.05 bits per heavy atom. The third kappa shape index (κ3) is 2.99. The first-order chi connectivity index (χ1) is 9.02. The minimum absolute atomic E-state index is 0.113. The van der Waals surface area contributed by atoms with Crippen LogP contribution >= 0.6 is 15.9 Å². The summed E-state index contributed by atoms with van der Waals surface area (Å²) < 4.78 is 6.33. The molecule has 0 spiro atoms. The van der Waals surface area contributed by atoms with Crippen LogP contribution in [0.15, 0.2) is 40.9 Å². The predicted molar refractivity (Wildman–Crippen MR) is 82.6 cm³/mol. The number of hydrogen-bond acceptors (Lipinski definition) is 2. The summed E-state index contributed by atoms with van der Waals surface area (Å²) >= 11 is 3.51. The molecule has 2 aromatic carbocycles. The van der Waals surface area contributed by atoms with E-state index in [2.05, 4.69) is 41.9 Å². The Morgan fingerprint density at radius 2 is 1.79 bits per heavy atom. The van der Waals surface area contributed by atoms with Crippen LogP contribution in [-0.4, -0.2) is 7.11 Å². The van der Waals surface area contributed by atoms with E-state index in [1.807, 2.05) is 24.3 Å². The minimum Gasteiger partial charge on any atom is -0.497 e. The number of hydrogen-bond donors (Lipinski definition) is 1. The van der Waals surface area contributed by atoms with Gasteiger partial charge in [-0.25, -0.2) is 0 Å². The van der Waals surface area contributed by atoms with E-state index < -0.39 is 0 Å². The van der Waals surface area contributed by atoms with Gasteiger partial charge in [0, 0.05) is 4.47 Å². The van der Waals surface area contributed by atoms with E-state index in [1.165, 1.54) is 5.56 Å². The maximum absolute atomic E-state index is 6.37. The van der Waals surface area contributed by atoms with E-state index in [0.717, 1.165) is 26.9 Å². The molecule has 0 saturated carbocycles. The highest BCUT2D eigenvalue weighted by Gasteiger charge is 2.12. The Hall–Kier alpha value is -1.32. The van der Waals surface area contributed by atoms with Gasteiger partial charge in [0.1, 0.15) is 5.75 Å². The van der Waals surface area contributed by atoms with E-state index in [0.29, 0.717) is 0 Å². The molecule has 2 N–H and O–H groups in total. The van der Waals surface area contributed by atoms with Gasteiger partial charge >= 0.3 is 0 Å². The van der Waals surface area contributed by atoms with Crippen LogP contribution in [0.5, 0.6) is 5.75 Å². The summed E-state index contributed by atoms with van der Waals surface area (Å²) in [6, 6.07) is 12.1. The van der Waals surface area contributed by atoms with E-state index in [4.69, 9.17) is 10.5 Å². The normalized spacial score (nSPS) is 12.3. The van der Waals surface area contributed by atoms with Crippen molar-refractivity contribution in [1.82, 2.24) is 0 Å². The zero-order valence-corrected chi connectivity index (χ0v) is 13.0. The highest BCUT2D eigenvalue weighted by atomic mass is 79.9. The highest BCUT2D eigenvalue weighted by Crippen LogP contribution is 2.28. The van der Waals surface area contributed by atoms with Gasteiger partial charge in [-0.05, 0) is 54.3 Å². The van der Waals surface area contributed by atoms with Gasteiger partial charge in [-0.2, -0.15) is 0 Å². The molecule has 0 aromatic heterocycles. The van der Waals surface area contributed by atoms with Gasteiger partial charge < -0.3 is 10.5 Å². The second kappa shape index (κ2) is 5.76. The third-order valence-corrected chi connectivity index (χ3v) is 4.24. The molecular formula is C16H18BrNO. The molecule has 1 atom stereocenters. The van der Waals surface area contributed by atoms with E-state index in [-0.39, 0.29) is 6.04 Å². The van der Waals surface area contributed by atoms with Crippen LogP contribution < -0.4 is 10.5 Å². The van der Waals surface area contributed by atoms with Gasteiger partial charge in [-0.1, -0.05) is 34.1 Å². The first-order valence-electron chi connectivity index (χ1n) is 6.19. The highest BCUT2D eigenvalue weighted by molar-refractivity contribution is 9.10. The van der Waals surface area contributed by atoms with Gasteiger partial charge in [0.15, 0.2) is 0 Å². The summed E-state index contributed by atoms with van der Waals surface area (Å²) in [6.45, 7) is 4.13. The zero-order valence-electron chi connectivity index (χ0n) is 11.4. The second-order valence-electron chi connectivity index (χ2n) is 4.71. The van der Waals surface area contributed by atoms with E-state index in [9.17, 15) is 0 Å². The van der Waals surface area contributed by atoms with Crippen LogP contribution in [-0.2, 0) is 0 Å². The van der Waals surface area contributed by atoms with Gasteiger partial charge in [-0.3, -0.25) is 0 Å². The molecule has 2 nitrogen and oxygen atoms in total. The molecule has 0 aliphatic carbocycles. The zero-order chi connectivity index (χ0) is 14.0. The van der Waals surface area contributed by atoms with Crippen molar-refractivity contribution in [2.24, 2.45) is 5.73 Å². The van der Waals surface area contributed by atoms with Crippen molar-refractivity contribution >= 4 is 15.9 Å². The lowest BCUT2D eigenvalue weighted by Crippen LogP contribution is -2.13. The van der Waals surface area contributed by atoms with Crippen molar-refractivity contribution in [3.05, 3.63) is 63.1 Å². The fourth-order valence-electron chi connectivity index (χ4n) is 2.17. The Morgan fingerprint density at radius 3 is 2.37 bits per heavy atom. The van der Waals surface area contributed by atoms with E-state index in [1.54, 1.807) is 7.11 Å². The lowest BCUT2D eigenvalue weighted by atomic mass is 9.95. The van der Waals surface area contributed by atoms with Crippen LogP contribution in [0.25, 0.3) is 0 Å². The Kier molecular flexibility index (Phi) is 4.27.